The van der Waals surface area contributed by atoms with E-state index >= 15 is 4.39 Å². The number of pyridine rings is 1. The van der Waals surface area contributed by atoms with Crippen LogP contribution < -0.4 is 21.2 Å². The van der Waals surface area contributed by atoms with E-state index in [0.717, 1.165) is 50.0 Å². The Morgan fingerprint density at radius 3 is 2.48 bits per heavy atom. The van der Waals surface area contributed by atoms with Gasteiger partial charge in [0.2, 0.25) is 11.8 Å². The lowest BCUT2D eigenvalue weighted by Crippen LogP contribution is -2.52. The first-order valence-corrected chi connectivity index (χ1v) is 21.5. The van der Waals surface area contributed by atoms with Gasteiger partial charge in [0.1, 0.15) is 23.6 Å². The van der Waals surface area contributed by atoms with Crippen molar-refractivity contribution in [2.45, 2.75) is 80.3 Å². The Balaban J connectivity index is 0.891. The Bertz CT molecular complexity index is 2580. The van der Waals surface area contributed by atoms with E-state index in [-0.39, 0.29) is 53.6 Å². The number of hydrogen-bond acceptors (Lipinski definition) is 9. The van der Waals surface area contributed by atoms with Crippen molar-refractivity contribution < 1.29 is 36.2 Å². The number of carbonyl (C=O) groups excluding carboxylic acids is 3. The Hall–Kier alpha value is -5.43. The van der Waals surface area contributed by atoms with Crippen LogP contribution in [0.15, 0.2) is 64.4 Å². The number of para-hydroxylation sites is 1. The third-order valence-corrected chi connectivity index (χ3v) is 13.2. The molecule has 3 fully saturated rings. The molecule has 19 heteroatoms. The molecule has 60 heavy (non-hydrogen) atoms. The second-order valence-electron chi connectivity index (χ2n) is 16.1. The average Bonchev–Trinajstić information content (AvgIpc) is 3.74. The quantitative estimate of drug-likeness (QED) is 0.148. The van der Waals surface area contributed by atoms with Crippen LogP contribution in [0.25, 0.3) is 21.9 Å². The number of anilines is 2. The van der Waals surface area contributed by atoms with E-state index in [9.17, 15) is 36.6 Å². The number of hydrogen-bond donors (Lipinski definition) is 2. The van der Waals surface area contributed by atoms with Crippen molar-refractivity contribution in [2.75, 3.05) is 43.2 Å². The first-order chi connectivity index (χ1) is 28.6. The molecule has 4 unspecified atom stereocenters. The van der Waals surface area contributed by atoms with E-state index < -0.39 is 52.4 Å². The summed E-state index contributed by atoms with van der Waals surface area (Å²) in [6, 6.07) is 10.8. The van der Waals surface area contributed by atoms with Gasteiger partial charge >= 0.3 is 11.9 Å². The number of carbonyl (C=O) groups is 3. The molecule has 3 aliphatic rings. The third kappa shape index (κ3) is 7.96. The first kappa shape index (κ1) is 41.3. The minimum atomic E-state index is -4.72. The predicted octanol–water partition coefficient (Wildman–Crippen LogP) is 5.35. The number of amides is 3. The summed E-state index contributed by atoms with van der Waals surface area (Å²) in [6.07, 6.45) is 1.85. The zero-order valence-corrected chi connectivity index (χ0v) is 34.1. The molecule has 0 bridgehead atoms. The zero-order chi connectivity index (χ0) is 42.6. The number of nitrogens with one attached hydrogen (secondary N) is 2. The van der Waals surface area contributed by atoms with Gasteiger partial charge in [-0.05, 0) is 87.9 Å². The summed E-state index contributed by atoms with van der Waals surface area (Å²) >= 11 is 0. The molecular formula is C41H45F4N9O5S. The Labute approximate surface area is 344 Å². The lowest BCUT2D eigenvalue weighted by atomic mass is 9.85. The summed E-state index contributed by atoms with van der Waals surface area (Å²) in [4.78, 5) is 58.7. The van der Waals surface area contributed by atoms with Gasteiger partial charge in [-0.3, -0.25) is 37.7 Å². The maximum Gasteiger partial charge on any atom is 0.433 e. The van der Waals surface area contributed by atoms with E-state index in [2.05, 4.69) is 20.5 Å². The normalized spacial score (nSPS) is 23.3. The Morgan fingerprint density at radius 1 is 1.03 bits per heavy atom. The lowest BCUT2D eigenvalue weighted by Gasteiger charge is -2.42. The van der Waals surface area contributed by atoms with Crippen molar-refractivity contribution in [3.63, 3.8) is 0 Å². The maximum absolute atomic E-state index is 16.1. The van der Waals surface area contributed by atoms with Gasteiger partial charge in [-0.25, -0.2) is 14.2 Å². The summed E-state index contributed by atoms with van der Waals surface area (Å²) in [7, 11) is 2.06. The molecule has 14 nitrogen and oxygen atoms in total. The van der Waals surface area contributed by atoms with E-state index in [1.165, 1.54) is 21.5 Å². The molecule has 3 amide bonds. The number of benzene rings is 2. The fourth-order valence-electron chi connectivity index (χ4n) is 9.14. The van der Waals surface area contributed by atoms with Crippen molar-refractivity contribution in [1.29, 1.82) is 0 Å². The highest BCUT2D eigenvalue weighted by atomic mass is 32.2. The van der Waals surface area contributed by atoms with Crippen LogP contribution >= 0.6 is 0 Å². The summed E-state index contributed by atoms with van der Waals surface area (Å²) in [5.74, 6) is -1.39. The van der Waals surface area contributed by atoms with Crippen LogP contribution in [0.2, 0.25) is 0 Å². The third-order valence-electron chi connectivity index (χ3n) is 12.2. The number of nitrogens with zero attached hydrogens (tertiary/aromatic N) is 7. The number of piperidine rings is 2. The van der Waals surface area contributed by atoms with Crippen LogP contribution in [0, 0.1) is 5.92 Å². The van der Waals surface area contributed by atoms with Crippen molar-refractivity contribution in [2.24, 2.45) is 13.0 Å². The monoisotopic (exact) mass is 851 g/mol. The fraction of sp³-hybridized carbons (Fsp3) is 0.463. The van der Waals surface area contributed by atoms with Gasteiger partial charge < -0.3 is 15.1 Å². The van der Waals surface area contributed by atoms with E-state index in [1.54, 1.807) is 31.3 Å². The van der Waals surface area contributed by atoms with Crippen LogP contribution in [0.1, 0.15) is 73.2 Å². The largest absolute Gasteiger partial charge is 0.433 e. The summed E-state index contributed by atoms with van der Waals surface area (Å²) in [5, 5.41) is 10.4. The second kappa shape index (κ2) is 16.2. The van der Waals surface area contributed by atoms with E-state index in [0.29, 0.717) is 40.8 Å². The van der Waals surface area contributed by atoms with Gasteiger partial charge in [0, 0.05) is 50.4 Å². The van der Waals surface area contributed by atoms with Crippen molar-refractivity contribution in [1.82, 2.24) is 34.1 Å². The number of aryl methyl sites for hydroxylation is 1. The van der Waals surface area contributed by atoms with Crippen LogP contribution in [0.3, 0.4) is 0 Å². The highest BCUT2D eigenvalue weighted by Gasteiger charge is 2.37. The molecule has 0 spiro atoms. The molecule has 4 atom stereocenters. The van der Waals surface area contributed by atoms with Gasteiger partial charge in [0.25, 0.3) is 5.91 Å². The SMILES string of the molecule is CN(CC1CCC(n2cc3cc(NC(=O)c4cccc(C(F)(F)F)n4)c(S(C)=O)cc3n2)CC1)C1CCN(c2cccc3c2n(C)c(=O)n3C2CCC(=O)NC2=O)CC1F. The lowest BCUT2D eigenvalue weighted by molar-refractivity contribution is -0.141. The van der Waals surface area contributed by atoms with Gasteiger partial charge in [-0.1, -0.05) is 12.1 Å². The fourth-order valence-corrected chi connectivity index (χ4v) is 9.84. The van der Waals surface area contributed by atoms with Gasteiger partial charge in [0.05, 0.1) is 56.2 Å². The molecule has 2 N–H and O–H groups in total. The molecule has 0 radical (unpaired) electrons. The molecule has 5 heterocycles. The number of imide groups is 1. The van der Waals surface area contributed by atoms with Crippen LogP contribution in [-0.4, -0.2) is 95.9 Å². The van der Waals surface area contributed by atoms with Crippen molar-refractivity contribution in [3.8, 4) is 0 Å². The smallest absolute Gasteiger partial charge is 0.367 e. The molecule has 8 rings (SSSR count). The summed E-state index contributed by atoms with van der Waals surface area (Å²) in [5.41, 5.74) is 0.686. The molecule has 2 saturated heterocycles. The summed E-state index contributed by atoms with van der Waals surface area (Å²) in [6.45, 7) is 1.45. The first-order valence-electron chi connectivity index (χ1n) is 19.9. The second-order valence-corrected chi connectivity index (χ2v) is 17.4. The van der Waals surface area contributed by atoms with Gasteiger partial charge in [0.15, 0.2) is 0 Å². The molecule has 1 aliphatic carbocycles. The van der Waals surface area contributed by atoms with Crippen LogP contribution in [-0.2, 0) is 33.6 Å². The molecule has 318 valence electrons. The van der Waals surface area contributed by atoms with E-state index in [4.69, 9.17) is 5.10 Å². The number of alkyl halides is 4. The number of fused-ring (bicyclic) bond motifs is 2. The summed E-state index contributed by atoms with van der Waals surface area (Å²) < 4.78 is 73.3. The molecule has 3 aromatic heterocycles. The van der Waals surface area contributed by atoms with Crippen molar-refractivity contribution in [3.05, 3.63) is 76.6 Å². The average molecular weight is 852 g/mol. The molecular weight excluding hydrogens is 807 g/mol. The number of aromatic nitrogens is 5. The predicted molar refractivity (Wildman–Crippen MR) is 217 cm³/mol. The molecule has 1 saturated carbocycles. The van der Waals surface area contributed by atoms with Crippen LogP contribution in [0.4, 0.5) is 28.9 Å². The van der Waals surface area contributed by atoms with Crippen molar-refractivity contribution >= 4 is 61.8 Å². The number of rotatable bonds is 9. The van der Waals surface area contributed by atoms with Gasteiger partial charge in [-0.15, -0.1) is 0 Å². The zero-order valence-electron chi connectivity index (χ0n) is 33.2. The highest BCUT2D eigenvalue weighted by Crippen LogP contribution is 2.37. The number of halogens is 4. The molecule has 2 aromatic carbocycles. The van der Waals surface area contributed by atoms with Crippen LogP contribution in [0.5, 0.6) is 0 Å². The topological polar surface area (TPSA) is 156 Å². The number of imidazole rings is 1. The van der Waals surface area contributed by atoms with E-state index in [1.807, 2.05) is 28.9 Å². The Kier molecular flexibility index (Phi) is 11.2. The minimum Gasteiger partial charge on any atom is -0.367 e. The molecule has 2 aliphatic heterocycles. The maximum atomic E-state index is 16.1. The highest BCUT2D eigenvalue weighted by molar-refractivity contribution is 7.84. The Morgan fingerprint density at radius 2 is 1.78 bits per heavy atom. The minimum absolute atomic E-state index is 0.0857. The van der Waals surface area contributed by atoms with Gasteiger partial charge in [-0.2, -0.15) is 18.3 Å². The standard InChI is InChI=1S/C41H45F4N9O5S/c1-50(30-16-17-52(22-26(30)42)31-7-5-8-32-37(31)51(2)40(58)54(32)33-14-15-36(55)48-39(33)57)20-23-10-12-25(13-11-23)53-21-24-18-29(34(60(3)59)19-28(24)49-53)47-38(56)27-6-4-9-35(46-27)41(43,44)45/h4-9,18-19,21,23,25-26,30,33H,10-17,20,22H2,1-3H3,(H,47,56)(H,48,55,57). The molecule has 5 aromatic rings.